The van der Waals surface area contributed by atoms with Crippen molar-refractivity contribution in [3.05, 3.63) is 30.1 Å². The Kier molecular flexibility index (Phi) is 3.55. The number of fused-ring (bicyclic) bond motifs is 1. The Bertz CT molecular complexity index is 581. The molecule has 0 atom stereocenters. The number of carbonyl (C=O) groups is 1. The number of methoxy groups -OCH3 is 1. The first-order valence-electron chi connectivity index (χ1n) is 5.48. The van der Waals surface area contributed by atoms with Gasteiger partial charge in [-0.05, 0) is 6.42 Å². The van der Waals surface area contributed by atoms with E-state index in [1.54, 1.807) is 4.57 Å². The van der Waals surface area contributed by atoms with Gasteiger partial charge in [0.1, 0.15) is 0 Å². The lowest BCUT2D eigenvalue weighted by molar-refractivity contribution is -0.140. The van der Waals surface area contributed by atoms with Crippen molar-refractivity contribution in [2.24, 2.45) is 0 Å². The number of rotatable bonds is 4. The third-order valence-electron chi connectivity index (χ3n) is 2.67. The summed E-state index contributed by atoms with van der Waals surface area (Å²) in [4.78, 5) is 14.9. The first-order valence-corrected chi connectivity index (χ1v) is 5.48. The topological polar surface area (TPSA) is 44.1 Å². The second-order valence-corrected chi connectivity index (χ2v) is 3.87. The minimum Gasteiger partial charge on any atom is -0.469 e. The minimum absolute atomic E-state index is 0.278. The number of benzene rings is 1. The Morgan fingerprint density at radius 1 is 1.39 bits per heavy atom. The van der Waals surface area contributed by atoms with Crippen molar-refractivity contribution in [1.82, 2.24) is 9.55 Å². The van der Waals surface area contributed by atoms with Crippen molar-refractivity contribution >= 4 is 17.0 Å². The fourth-order valence-electron chi connectivity index (χ4n) is 1.73. The Morgan fingerprint density at radius 3 is 2.83 bits per heavy atom. The van der Waals surface area contributed by atoms with E-state index in [0.29, 0.717) is 24.0 Å². The third kappa shape index (κ3) is 2.47. The molecule has 4 nitrogen and oxygen atoms in total. The lowest BCUT2D eigenvalue weighted by Gasteiger charge is -2.03. The fourth-order valence-corrected chi connectivity index (χ4v) is 1.73. The van der Waals surface area contributed by atoms with E-state index in [0.717, 1.165) is 12.1 Å². The third-order valence-corrected chi connectivity index (χ3v) is 2.67. The van der Waals surface area contributed by atoms with E-state index < -0.39 is 11.6 Å². The van der Waals surface area contributed by atoms with Crippen LogP contribution in [-0.2, 0) is 16.1 Å². The van der Waals surface area contributed by atoms with E-state index in [2.05, 4.69) is 9.72 Å². The van der Waals surface area contributed by atoms with Crippen LogP contribution in [0.3, 0.4) is 0 Å². The van der Waals surface area contributed by atoms with Gasteiger partial charge in [0.2, 0.25) is 0 Å². The molecule has 1 heterocycles. The largest absolute Gasteiger partial charge is 0.469 e. The van der Waals surface area contributed by atoms with Gasteiger partial charge in [0, 0.05) is 25.1 Å². The number of aromatic nitrogens is 2. The normalized spacial score (nSPS) is 10.8. The van der Waals surface area contributed by atoms with Gasteiger partial charge in [-0.15, -0.1) is 0 Å². The van der Waals surface area contributed by atoms with E-state index in [1.165, 1.54) is 13.4 Å². The molecule has 0 N–H and O–H groups in total. The van der Waals surface area contributed by atoms with Crippen LogP contribution in [-0.4, -0.2) is 22.6 Å². The molecular weight excluding hydrogens is 242 g/mol. The molecule has 0 amide bonds. The van der Waals surface area contributed by atoms with Crippen LogP contribution in [0.4, 0.5) is 8.78 Å². The minimum atomic E-state index is -0.915. The molecule has 0 aliphatic carbocycles. The molecule has 0 saturated heterocycles. The number of carbonyl (C=O) groups excluding carboxylic acids is 1. The van der Waals surface area contributed by atoms with Crippen LogP contribution in [0.5, 0.6) is 0 Å². The number of nitrogens with zero attached hydrogens (tertiary/aromatic N) is 2. The number of esters is 1. The van der Waals surface area contributed by atoms with Crippen molar-refractivity contribution in [3.63, 3.8) is 0 Å². The highest BCUT2D eigenvalue weighted by Gasteiger charge is 2.09. The number of imidazole rings is 1. The second-order valence-electron chi connectivity index (χ2n) is 3.87. The van der Waals surface area contributed by atoms with E-state index in [4.69, 9.17) is 0 Å². The van der Waals surface area contributed by atoms with Gasteiger partial charge in [-0.3, -0.25) is 4.79 Å². The lowest BCUT2D eigenvalue weighted by atomic mass is 10.2. The van der Waals surface area contributed by atoms with Crippen LogP contribution in [0.15, 0.2) is 18.5 Å². The maximum Gasteiger partial charge on any atom is 0.305 e. The summed E-state index contributed by atoms with van der Waals surface area (Å²) >= 11 is 0. The zero-order valence-corrected chi connectivity index (χ0v) is 9.82. The molecule has 0 aliphatic heterocycles. The number of hydrogen-bond donors (Lipinski definition) is 0. The lowest BCUT2D eigenvalue weighted by Crippen LogP contribution is -2.03. The molecule has 6 heteroatoms. The van der Waals surface area contributed by atoms with Gasteiger partial charge >= 0.3 is 5.97 Å². The molecule has 0 unspecified atom stereocenters. The van der Waals surface area contributed by atoms with Gasteiger partial charge in [0.05, 0.1) is 24.5 Å². The first kappa shape index (κ1) is 12.5. The molecule has 1 aromatic heterocycles. The summed E-state index contributed by atoms with van der Waals surface area (Å²) in [6.45, 7) is 0.497. The smallest absolute Gasteiger partial charge is 0.305 e. The molecule has 0 bridgehead atoms. The van der Waals surface area contributed by atoms with Gasteiger partial charge in [-0.2, -0.15) is 0 Å². The van der Waals surface area contributed by atoms with Crippen molar-refractivity contribution in [2.45, 2.75) is 19.4 Å². The zero-order chi connectivity index (χ0) is 13.1. The molecule has 96 valence electrons. The SMILES string of the molecule is COC(=O)CCCn1cnc2cc(F)c(F)cc21. The van der Waals surface area contributed by atoms with Crippen LogP contribution >= 0.6 is 0 Å². The van der Waals surface area contributed by atoms with Crippen LogP contribution in [0.1, 0.15) is 12.8 Å². The average molecular weight is 254 g/mol. The molecular formula is C12H12F2N2O2. The highest BCUT2D eigenvalue weighted by molar-refractivity contribution is 5.75. The molecule has 0 spiro atoms. The monoisotopic (exact) mass is 254 g/mol. The van der Waals surface area contributed by atoms with Crippen molar-refractivity contribution < 1.29 is 18.3 Å². The Hall–Kier alpha value is -1.98. The number of aryl methyl sites for hydroxylation is 1. The molecule has 1 aromatic carbocycles. The fraction of sp³-hybridized carbons (Fsp3) is 0.333. The summed E-state index contributed by atoms with van der Waals surface area (Å²) in [6, 6.07) is 2.16. The molecule has 2 aromatic rings. The summed E-state index contributed by atoms with van der Waals surface area (Å²) in [5.74, 6) is -2.11. The summed E-state index contributed by atoms with van der Waals surface area (Å²) in [5.41, 5.74) is 0.908. The van der Waals surface area contributed by atoms with Crippen LogP contribution in [0.25, 0.3) is 11.0 Å². The Labute approximate surface area is 102 Å². The maximum absolute atomic E-state index is 13.1. The summed E-state index contributed by atoms with van der Waals surface area (Å²) in [6.07, 6.45) is 2.33. The van der Waals surface area contributed by atoms with Crippen LogP contribution in [0, 0.1) is 11.6 Å². The van der Waals surface area contributed by atoms with Gasteiger partial charge in [0.15, 0.2) is 11.6 Å². The number of hydrogen-bond acceptors (Lipinski definition) is 3. The predicted molar refractivity (Wildman–Crippen MR) is 60.9 cm³/mol. The standard InChI is InChI=1S/C12H12F2N2O2/c1-18-12(17)3-2-4-16-7-15-10-5-8(13)9(14)6-11(10)16/h5-7H,2-4H2,1H3. The van der Waals surface area contributed by atoms with Gasteiger partial charge in [-0.1, -0.05) is 0 Å². The molecule has 18 heavy (non-hydrogen) atoms. The van der Waals surface area contributed by atoms with Crippen molar-refractivity contribution in [3.8, 4) is 0 Å². The molecule has 0 fully saturated rings. The summed E-state index contributed by atoms with van der Waals surface area (Å²) in [7, 11) is 1.33. The van der Waals surface area contributed by atoms with Gasteiger partial charge in [-0.25, -0.2) is 13.8 Å². The van der Waals surface area contributed by atoms with Crippen molar-refractivity contribution in [2.75, 3.05) is 7.11 Å². The van der Waals surface area contributed by atoms with E-state index in [1.807, 2.05) is 0 Å². The van der Waals surface area contributed by atoms with E-state index >= 15 is 0 Å². The molecule has 2 rings (SSSR count). The first-order chi connectivity index (χ1) is 8.61. The summed E-state index contributed by atoms with van der Waals surface area (Å²) in [5, 5.41) is 0. The highest BCUT2D eigenvalue weighted by Crippen LogP contribution is 2.17. The molecule has 0 saturated carbocycles. The number of halogens is 2. The van der Waals surface area contributed by atoms with Crippen LogP contribution in [0.2, 0.25) is 0 Å². The number of ether oxygens (including phenoxy) is 1. The predicted octanol–water partition coefficient (Wildman–Crippen LogP) is 2.27. The highest BCUT2D eigenvalue weighted by atomic mass is 19.2. The Balaban J connectivity index is 2.14. The van der Waals surface area contributed by atoms with Gasteiger partial charge in [0.25, 0.3) is 0 Å². The zero-order valence-electron chi connectivity index (χ0n) is 9.82. The van der Waals surface area contributed by atoms with E-state index in [-0.39, 0.29) is 12.4 Å². The summed E-state index contributed by atoms with van der Waals surface area (Å²) < 4.78 is 32.3. The van der Waals surface area contributed by atoms with Gasteiger partial charge < -0.3 is 9.30 Å². The molecule has 0 aliphatic rings. The quantitative estimate of drug-likeness (QED) is 0.786. The maximum atomic E-state index is 13.1. The van der Waals surface area contributed by atoms with E-state index in [9.17, 15) is 13.6 Å². The molecule has 0 radical (unpaired) electrons. The Morgan fingerprint density at radius 2 is 2.11 bits per heavy atom. The second kappa shape index (κ2) is 5.12. The average Bonchev–Trinajstić information content (AvgIpc) is 2.72. The van der Waals surface area contributed by atoms with Crippen molar-refractivity contribution in [1.29, 1.82) is 0 Å². The van der Waals surface area contributed by atoms with Crippen LogP contribution < -0.4 is 0 Å².